The van der Waals surface area contributed by atoms with Crippen LogP contribution < -0.4 is 4.90 Å². The third-order valence-corrected chi connectivity index (χ3v) is 4.29. The fraction of sp³-hybridized carbons (Fsp3) is 0.167. The van der Waals surface area contributed by atoms with Crippen molar-refractivity contribution in [2.75, 3.05) is 11.9 Å². The van der Waals surface area contributed by atoms with Gasteiger partial charge >= 0.3 is 0 Å². The highest BCUT2D eigenvalue weighted by atomic mass is 32.2. The van der Waals surface area contributed by atoms with Crippen LogP contribution >= 0.6 is 11.8 Å². The molecule has 0 bridgehead atoms. The fourth-order valence-corrected chi connectivity index (χ4v) is 3.07. The molecule has 0 saturated carbocycles. The zero-order valence-electron chi connectivity index (χ0n) is 14.2. The Hall–Kier alpha value is -2.80. The van der Waals surface area contributed by atoms with Crippen molar-refractivity contribution >= 4 is 23.4 Å². The van der Waals surface area contributed by atoms with Crippen LogP contribution in [0.5, 0.6) is 0 Å². The van der Waals surface area contributed by atoms with Crippen molar-refractivity contribution in [2.45, 2.75) is 24.0 Å². The molecule has 0 N–H and O–H groups in total. The highest BCUT2D eigenvalue weighted by Gasteiger charge is 2.14. The summed E-state index contributed by atoms with van der Waals surface area (Å²) < 4.78 is 0. The second-order valence-electron chi connectivity index (χ2n) is 5.50. The summed E-state index contributed by atoms with van der Waals surface area (Å²) in [5.74, 6) is -0.139. The third kappa shape index (κ3) is 4.19. The number of anilines is 1. The second-order valence-corrected chi connectivity index (χ2v) is 6.48. The molecule has 6 nitrogen and oxygen atoms in total. The lowest BCUT2D eigenvalue weighted by molar-refractivity contribution is 0.0992. The van der Waals surface area contributed by atoms with Crippen LogP contribution in [0.1, 0.15) is 21.7 Å². The van der Waals surface area contributed by atoms with Gasteiger partial charge < -0.3 is 4.90 Å². The van der Waals surface area contributed by atoms with E-state index < -0.39 is 0 Å². The van der Waals surface area contributed by atoms with Gasteiger partial charge in [0.1, 0.15) is 5.03 Å². The number of amides is 1. The lowest BCUT2D eigenvalue weighted by Crippen LogP contribution is -2.26. The van der Waals surface area contributed by atoms with E-state index in [1.165, 1.54) is 11.8 Å². The number of aromatic nitrogens is 4. The van der Waals surface area contributed by atoms with Gasteiger partial charge in [0, 0.05) is 30.8 Å². The van der Waals surface area contributed by atoms with E-state index in [0.29, 0.717) is 10.7 Å². The summed E-state index contributed by atoms with van der Waals surface area (Å²) in [4.78, 5) is 31.2. The molecule has 0 atom stereocenters. The second kappa shape index (κ2) is 7.40. The van der Waals surface area contributed by atoms with E-state index in [2.05, 4.69) is 19.9 Å². The summed E-state index contributed by atoms with van der Waals surface area (Å²) in [6.45, 7) is 3.87. The Labute approximate surface area is 150 Å². The average Bonchev–Trinajstić information content (AvgIpc) is 2.61. The minimum absolute atomic E-state index is 0.139. The number of carbonyl (C=O) groups excluding carboxylic acids is 1. The molecule has 126 valence electrons. The van der Waals surface area contributed by atoms with Crippen molar-refractivity contribution in [2.24, 2.45) is 0 Å². The Morgan fingerprint density at radius 1 is 1.08 bits per heavy atom. The first-order valence-electron chi connectivity index (χ1n) is 7.67. The summed E-state index contributed by atoms with van der Waals surface area (Å²) >= 11 is 1.37. The van der Waals surface area contributed by atoms with Crippen molar-refractivity contribution in [1.82, 2.24) is 19.9 Å². The molecule has 0 spiro atoms. The third-order valence-electron chi connectivity index (χ3n) is 3.48. The van der Waals surface area contributed by atoms with E-state index in [9.17, 15) is 4.79 Å². The lowest BCUT2D eigenvalue weighted by Gasteiger charge is -2.16. The van der Waals surface area contributed by atoms with Gasteiger partial charge in [-0.2, -0.15) is 0 Å². The minimum Gasteiger partial charge on any atom is -0.310 e. The molecule has 7 heteroatoms. The number of rotatable bonds is 4. The Morgan fingerprint density at radius 3 is 2.44 bits per heavy atom. The van der Waals surface area contributed by atoms with Crippen LogP contribution in [0, 0.1) is 13.8 Å². The molecule has 3 aromatic heterocycles. The van der Waals surface area contributed by atoms with Crippen molar-refractivity contribution in [3.63, 3.8) is 0 Å². The maximum absolute atomic E-state index is 12.5. The van der Waals surface area contributed by atoms with E-state index in [-0.39, 0.29) is 5.91 Å². The van der Waals surface area contributed by atoms with Crippen LogP contribution in [0.15, 0.2) is 59.1 Å². The first-order valence-corrected chi connectivity index (χ1v) is 8.49. The van der Waals surface area contributed by atoms with Crippen LogP contribution in [0.2, 0.25) is 0 Å². The Bertz CT molecular complexity index is 863. The molecule has 0 aliphatic carbocycles. The topological polar surface area (TPSA) is 71.9 Å². The molecule has 0 radical (unpaired) electrons. The summed E-state index contributed by atoms with van der Waals surface area (Å²) in [5.41, 5.74) is 3.08. The van der Waals surface area contributed by atoms with Gasteiger partial charge in [-0.3, -0.25) is 9.78 Å². The van der Waals surface area contributed by atoms with Gasteiger partial charge in [0.15, 0.2) is 5.16 Å². The van der Waals surface area contributed by atoms with Crippen molar-refractivity contribution in [1.29, 1.82) is 0 Å². The molecule has 0 aromatic carbocycles. The molecule has 25 heavy (non-hydrogen) atoms. The molecule has 0 aliphatic rings. The van der Waals surface area contributed by atoms with E-state index in [1.807, 2.05) is 26.0 Å². The zero-order valence-corrected chi connectivity index (χ0v) is 15.0. The summed E-state index contributed by atoms with van der Waals surface area (Å²) in [6, 6.07) is 9.11. The number of carbonyl (C=O) groups is 1. The molecule has 0 fully saturated rings. The number of hydrogen-bond acceptors (Lipinski definition) is 6. The Kier molecular flexibility index (Phi) is 5.04. The molecular formula is C18H17N5OS. The Balaban J connectivity index is 1.74. The summed E-state index contributed by atoms with van der Waals surface area (Å²) in [5, 5.41) is 1.39. The van der Waals surface area contributed by atoms with Crippen LogP contribution in [-0.4, -0.2) is 32.9 Å². The molecular weight excluding hydrogens is 334 g/mol. The number of pyridine rings is 2. The van der Waals surface area contributed by atoms with Crippen molar-refractivity contribution < 1.29 is 4.79 Å². The van der Waals surface area contributed by atoms with Gasteiger partial charge in [0.25, 0.3) is 5.91 Å². The largest absolute Gasteiger partial charge is 0.310 e. The first-order chi connectivity index (χ1) is 12.0. The molecule has 0 unspecified atom stereocenters. The predicted molar refractivity (Wildman–Crippen MR) is 96.8 cm³/mol. The maximum Gasteiger partial charge on any atom is 0.259 e. The van der Waals surface area contributed by atoms with Gasteiger partial charge in [0.2, 0.25) is 0 Å². The molecule has 0 saturated heterocycles. The highest BCUT2D eigenvalue weighted by molar-refractivity contribution is 7.99. The fourth-order valence-electron chi connectivity index (χ4n) is 2.26. The van der Waals surface area contributed by atoms with Crippen LogP contribution in [0.4, 0.5) is 5.69 Å². The molecule has 0 aliphatic heterocycles. The quantitative estimate of drug-likeness (QED) is 0.672. The van der Waals surface area contributed by atoms with Crippen LogP contribution in [-0.2, 0) is 0 Å². The van der Waals surface area contributed by atoms with Crippen molar-refractivity contribution in [3.05, 3.63) is 65.9 Å². The van der Waals surface area contributed by atoms with Crippen molar-refractivity contribution in [3.8, 4) is 0 Å². The number of nitrogens with zero attached hydrogens (tertiary/aromatic N) is 5. The number of aryl methyl sites for hydroxylation is 2. The lowest BCUT2D eigenvalue weighted by atomic mass is 10.2. The summed E-state index contributed by atoms with van der Waals surface area (Å²) in [6.07, 6.45) is 4.89. The first kappa shape index (κ1) is 17.0. The molecule has 3 aromatic rings. The molecule has 3 rings (SSSR count). The smallest absolute Gasteiger partial charge is 0.259 e. The number of hydrogen-bond donors (Lipinski definition) is 0. The zero-order chi connectivity index (χ0) is 17.8. The SMILES string of the molecule is Cc1cc(C)nc(Sc2ccc(C(=O)N(C)c3cccnc3)cn2)n1. The average molecular weight is 351 g/mol. The van der Waals surface area contributed by atoms with Gasteiger partial charge in [-0.25, -0.2) is 15.0 Å². The predicted octanol–water partition coefficient (Wildman–Crippen LogP) is 3.31. The van der Waals surface area contributed by atoms with E-state index in [4.69, 9.17) is 0 Å². The normalized spacial score (nSPS) is 10.5. The van der Waals surface area contributed by atoms with Crippen LogP contribution in [0.25, 0.3) is 0 Å². The molecule has 3 heterocycles. The van der Waals surface area contributed by atoms with E-state index in [1.54, 1.807) is 48.7 Å². The van der Waals surface area contributed by atoms with Crippen LogP contribution in [0.3, 0.4) is 0 Å². The van der Waals surface area contributed by atoms with E-state index in [0.717, 1.165) is 22.1 Å². The van der Waals surface area contributed by atoms with Gasteiger partial charge in [-0.05, 0) is 55.9 Å². The van der Waals surface area contributed by atoms with Gasteiger partial charge in [0.05, 0.1) is 17.4 Å². The maximum atomic E-state index is 12.5. The monoisotopic (exact) mass is 351 g/mol. The van der Waals surface area contributed by atoms with Gasteiger partial charge in [-0.1, -0.05) is 0 Å². The summed E-state index contributed by atoms with van der Waals surface area (Å²) in [7, 11) is 1.71. The van der Waals surface area contributed by atoms with E-state index >= 15 is 0 Å². The minimum atomic E-state index is -0.139. The molecule has 1 amide bonds. The highest BCUT2D eigenvalue weighted by Crippen LogP contribution is 2.23. The Morgan fingerprint density at radius 2 is 1.84 bits per heavy atom. The van der Waals surface area contributed by atoms with Gasteiger partial charge in [-0.15, -0.1) is 0 Å². The standard InChI is InChI=1S/C18H17N5OS/c1-12-9-13(2)22-18(21-12)25-16-7-6-14(10-20-16)17(24)23(3)15-5-4-8-19-11-15/h4-11H,1-3H3.